The third kappa shape index (κ3) is 5.69. The summed E-state index contributed by atoms with van der Waals surface area (Å²) in [6.07, 6.45) is -0.702. The number of hydrogen-bond donors (Lipinski definition) is 2. The minimum absolute atomic E-state index is 0.658. The Kier molecular flexibility index (Phi) is 6.42. The standard InChI is InChI=1S/C13H14N6.C2HF3O2/c1-2-6-12-11(5-1)17-18-19(12)10-4-9-16-13-14-7-3-8-15-13;3-2(4,5)1(6)7/h1-3,5-8H,4,9-10H2,(H,14,15,16);(H,6,7). The van der Waals surface area contributed by atoms with Crippen LogP contribution in [-0.2, 0) is 11.3 Å². The van der Waals surface area contributed by atoms with Crippen LogP contribution >= 0.6 is 0 Å². The van der Waals surface area contributed by atoms with Gasteiger partial charge in [-0.1, -0.05) is 17.3 Å². The van der Waals surface area contributed by atoms with Gasteiger partial charge in [0, 0.05) is 25.5 Å². The summed E-state index contributed by atoms with van der Waals surface area (Å²) < 4.78 is 33.7. The van der Waals surface area contributed by atoms with Crippen LogP contribution < -0.4 is 5.32 Å². The average molecular weight is 368 g/mol. The third-order valence-corrected chi connectivity index (χ3v) is 3.06. The molecule has 0 spiro atoms. The van der Waals surface area contributed by atoms with Crippen molar-refractivity contribution in [1.82, 2.24) is 25.0 Å². The van der Waals surface area contributed by atoms with Crippen LogP contribution in [0, 0.1) is 0 Å². The largest absolute Gasteiger partial charge is 0.490 e. The molecule has 11 heteroatoms. The van der Waals surface area contributed by atoms with E-state index in [0.29, 0.717) is 5.95 Å². The molecule has 0 saturated heterocycles. The van der Waals surface area contributed by atoms with E-state index < -0.39 is 12.1 Å². The van der Waals surface area contributed by atoms with Gasteiger partial charge in [0.05, 0.1) is 5.52 Å². The maximum atomic E-state index is 10.6. The molecule has 2 N–H and O–H groups in total. The molecular weight excluding hydrogens is 353 g/mol. The van der Waals surface area contributed by atoms with Gasteiger partial charge in [-0.2, -0.15) is 13.2 Å². The molecule has 1 aromatic carbocycles. The molecule has 2 aromatic heterocycles. The van der Waals surface area contributed by atoms with Crippen LogP contribution in [-0.4, -0.2) is 48.8 Å². The van der Waals surface area contributed by atoms with E-state index in [1.54, 1.807) is 18.5 Å². The molecule has 0 saturated carbocycles. The first kappa shape index (κ1) is 19.1. The Labute approximate surface area is 145 Å². The minimum Gasteiger partial charge on any atom is -0.475 e. The molecule has 0 fully saturated rings. The van der Waals surface area contributed by atoms with Gasteiger partial charge in [0.1, 0.15) is 5.52 Å². The number of aliphatic carboxylic acids is 1. The number of hydrogen-bond acceptors (Lipinski definition) is 6. The van der Waals surface area contributed by atoms with Gasteiger partial charge in [-0.25, -0.2) is 19.4 Å². The Bertz CT molecular complexity index is 838. The molecule has 0 atom stereocenters. The summed E-state index contributed by atoms with van der Waals surface area (Å²) in [6, 6.07) is 9.76. The predicted octanol–water partition coefficient (Wildman–Crippen LogP) is 2.36. The number of aromatic nitrogens is 5. The summed E-state index contributed by atoms with van der Waals surface area (Å²) in [4.78, 5) is 17.1. The zero-order chi connectivity index (χ0) is 19.0. The Morgan fingerprint density at radius 1 is 1.15 bits per heavy atom. The van der Waals surface area contributed by atoms with Crippen molar-refractivity contribution in [2.45, 2.75) is 19.1 Å². The first-order valence-corrected chi connectivity index (χ1v) is 7.47. The van der Waals surface area contributed by atoms with Gasteiger partial charge < -0.3 is 10.4 Å². The number of carboxylic acids is 1. The molecule has 0 unspecified atom stereocenters. The maximum Gasteiger partial charge on any atom is 0.490 e. The number of halogens is 3. The third-order valence-electron chi connectivity index (χ3n) is 3.06. The second-order valence-electron chi connectivity index (χ2n) is 4.96. The Hall–Kier alpha value is -3.24. The lowest BCUT2D eigenvalue weighted by molar-refractivity contribution is -0.192. The molecule has 0 bridgehead atoms. The lowest BCUT2D eigenvalue weighted by atomic mass is 10.3. The number of rotatable bonds is 5. The van der Waals surface area contributed by atoms with Gasteiger partial charge in [0.2, 0.25) is 5.95 Å². The predicted molar refractivity (Wildman–Crippen MR) is 86.4 cm³/mol. The van der Waals surface area contributed by atoms with Crippen molar-refractivity contribution in [2.24, 2.45) is 0 Å². The van der Waals surface area contributed by atoms with Crippen LogP contribution in [0.25, 0.3) is 11.0 Å². The highest BCUT2D eigenvalue weighted by atomic mass is 19.4. The first-order valence-electron chi connectivity index (χ1n) is 7.47. The van der Waals surface area contributed by atoms with E-state index in [2.05, 4.69) is 25.6 Å². The van der Waals surface area contributed by atoms with E-state index in [-0.39, 0.29) is 0 Å². The van der Waals surface area contributed by atoms with Crippen molar-refractivity contribution in [3.8, 4) is 0 Å². The summed E-state index contributed by atoms with van der Waals surface area (Å²) in [5.74, 6) is -2.10. The van der Waals surface area contributed by atoms with Crippen molar-refractivity contribution in [3.63, 3.8) is 0 Å². The highest BCUT2D eigenvalue weighted by molar-refractivity contribution is 5.73. The van der Waals surface area contributed by atoms with Crippen molar-refractivity contribution in [3.05, 3.63) is 42.7 Å². The molecule has 138 valence electrons. The summed E-state index contributed by atoms with van der Waals surface area (Å²) >= 11 is 0. The van der Waals surface area contributed by atoms with Gasteiger partial charge >= 0.3 is 12.1 Å². The maximum absolute atomic E-state index is 10.6. The normalized spacial score (nSPS) is 10.9. The average Bonchev–Trinajstić information content (AvgIpc) is 3.03. The molecular formula is C15H15F3N6O2. The van der Waals surface area contributed by atoms with Crippen molar-refractivity contribution in [2.75, 3.05) is 11.9 Å². The van der Waals surface area contributed by atoms with E-state index >= 15 is 0 Å². The van der Waals surface area contributed by atoms with Crippen LogP contribution in [0.15, 0.2) is 42.7 Å². The summed E-state index contributed by atoms with van der Waals surface area (Å²) in [7, 11) is 0. The zero-order valence-corrected chi connectivity index (χ0v) is 13.4. The smallest absolute Gasteiger partial charge is 0.475 e. The molecule has 0 aliphatic heterocycles. The summed E-state index contributed by atoms with van der Waals surface area (Å²) in [5.41, 5.74) is 2.00. The van der Waals surface area contributed by atoms with Crippen LogP contribution in [0.3, 0.4) is 0 Å². The highest BCUT2D eigenvalue weighted by Crippen LogP contribution is 2.13. The summed E-state index contributed by atoms with van der Waals surface area (Å²) in [6.45, 7) is 1.62. The number of alkyl halides is 3. The van der Waals surface area contributed by atoms with Gasteiger partial charge in [-0.15, -0.1) is 5.10 Å². The number of nitrogens with zero attached hydrogens (tertiary/aromatic N) is 5. The quantitative estimate of drug-likeness (QED) is 0.666. The Balaban J connectivity index is 0.000000298. The van der Waals surface area contributed by atoms with Crippen LogP contribution in [0.2, 0.25) is 0 Å². The topological polar surface area (TPSA) is 106 Å². The monoisotopic (exact) mass is 368 g/mol. The van der Waals surface area contributed by atoms with Crippen molar-refractivity contribution in [1.29, 1.82) is 0 Å². The van der Waals surface area contributed by atoms with Gasteiger partial charge in [0.15, 0.2) is 0 Å². The fourth-order valence-corrected chi connectivity index (χ4v) is 1.90. The molecule has 0 aliphatic rings. The molecule has 0 radical (unpaired) electrons. The zero-order valence-electron chi connectivity index (χ0n) is 13.4. The molecule has 2 heterocycles. The van der Waals surface area contributed by atoms with Crippen LogP contribution in [0.1, 0.15) is 6.42 Å². The molecule has 8 nitrogen and oxygen atoms in total. The molecule has 0 aliphatic carbocycles. The number of benzene rings is 1. The number of fused-ring (bicyclic) bond motifs is 1. The Morgan fingerprint density at radius 3 is 2.46 bits per heavy atom. The number of nitrogens with one attached hydrogen (secondary N) is 1. The van der Waals surface area contributed by atoms with E-state index in [4.69, 9.17) is 9.90 Å². The van der Waals surface area contributed by atoms with Crippen molar-refractivity contribution >= 4 is 23.0 Å². The second kappa shape index (κ2) is 8.74. The van der Waals surface area contributed by atoms with E-state index in [1.807, 2.05) is 28.9 Å². The van der Waals surface area contributed by atoms with E-state index in [9.17, 15) is 13.2 Å². The summed E-state index contributed by atoms with van der Waals surface area (Å²) in [5, 5.41) is 18.6. The van der Waals surface area contributed by atoms with Crippen LogP contribution in [0.5, 0.6) is 0 Å². The SMILES string of the molecule is O=C(O)C(F)(F)F.c1cnc(NCCCn2nnc3ccccc32)nc1. The van der Waals surface area contributed by atoms with E-state index in [1.165, 1.54) is 0 Å². The highest BCUT2D eigenvalue weighted by Gasteiger charge is 2.38. The lowest BCUT2D eigenvalue weighted by Crippen LogP contribution is -2.21. The molecule has 3 aromatic rings. The van der Waals surface area contributed by atoms with Crippen molar-refractivity contribution < 1.29 is 23.1 Å². The fourth-order valence-electron chi connectivity index (χ4n) is 1.90. The van der Waals surface area contributed by atoms with Crippen LogP contribution in [0.4, 0.5) is 19.1 Å². The minimum atomic E-state index is -5.08. The number of anilines is 1. The fraction of sp³-hybridized carbons (Fsp3) is 0.267. The number of para-hydroxylation sites is 1. The Morgan fingerprint density at radius 2 is 1.81 bits per heavy atom. The molecule has 0 amide bonds. The van der Waals surface area contributed by atoms with Gasteiger partial charge in [-0.3, -0.25) is 0 Å². The number of carbonyl (C=O) groups is 1. The van der Waals surface area contributed by atoms with E-state index in [0.717, 1.165) is 30.5 Å². The molecule has 3 rings (SSSR count). The number of aryl methyl sites for hydroxylation is 1. The second-order valence-corrected chi connectivity index (χ2v) is 4.96. The molecule has 26 heavy (non-hydrogen) atoms. The van der Waals surface area contributed by atoms with Gasteiger partial charge in [-0.05, 0) is 24.6 Å². The number of carboxylic acid groups (broad SMARTS) is 1. The van der Waals surface area contributed by atoms with Gasteiger partial charge in [0.25, 0.3) is 0 Å². The lowest BCUT2D eigenvalue weighted by Gasteiger charge is -2.04. The first-order chi connectivity index (χ1) is 12.4.